The molecule has 19 heavy (non-hydrogen) atoms. The highest BCUT2D eigenvalue weighted by molar-refractivity contribution is 5.94. The summed E-state index contributed by atoms with van der Waals surface area (Å²) in [6.07, 6.45) is 0. The number of aromatic carboxylic acids is 1. The van der Waals surface area contributed by atoms with Crippen LogP contribution >= 0.6 is 0 Å². The van der Waals surface area contributed by atoms with Gasteiger partial charge >= 0.3 is 5.97 Å². The Morgan fingerprint density at radius 1 is 1.16 bits per heavy atom. The lowest BCUT2D eigenvalue weighted by atomic mass is 10.2. The molecule has 0 amide bonds. The average Bonchev–Trinajstić information content (AvgIpc) is 2.38. The molecule has 1 heterocycles. The number of nitrogens with zero attached hydrogens (tertiary/aromatic N) is 2. The summed E-state index contributed by atoms with van der Waals surface area (Å²) in [4.78, 5) is 24.1. The standard InChI is InChI=1S/C12H9N3O4/c16-9-6-8(12(18)19)10(11(17)13-9)15-14-7-4-2-1-3-5-7/h1-6H,(H,18,19)(H2,13,16,17). The predicted molar refractivity (Wildman–Crippen MR) is 66.3 cm³/mol. The summed E-state index contributed by atoms with van der Waals surface area (Å²) in [6, 6.07) is 9.41. The molecule has 0 atom stereocenters. The van der Waals surface area contributed by atoms with Gasteiger partial charge in [-0.15, -0.1) is 5.11 Å². The van der Waals surface area contributed by atoms with Crippen molar-refractivity contribution in [1.29, 1.82) is 0 Å². The summed E-state index contributed by atoms with van der Waals surface area (Å²) in [6.45, 7) is 0. The number of rotatable bonds is 3. The molecule has 0 radical (unpaired) electrons. The molecule has 0 spiro atoms. The number of nitrogens with one attached hydrogen (secondary N) is 1. The Morgan fingerprint density at radius 3 is 2.47 bits per heavy atom. The van der Waals surface area contributed by atoms with Gasteiger partial charge in [-0.3, -0.25) is 9.78 Å². The van der Waals surface area contributed by atoms with Crippen LogP contribution in [0.3, 0.4) is 0 Å². The van der Waals surface area contributed by atoms with E-state index < -0.39 is 23.0 Å². The molecule has 2 aromatic rings. The quantitative estimate of drug-likeness (QED) is 0.732. The van der Waals surface area contributed by atoms with Gasteiger partial charge in [0, 0.05) is 6.07 Å². The third kappa shape index (κ3) is 2.83. The number of carbonyl (C=O) groups is 1. The maximum atomic E-state index is 11.1. The minimum absolute atomic E-state index is 0.295. The second-order valence-electron chi connectivity index (χ2n) is 3.59. The largest absolute Gasteiger partial charge is 0.493 e. The van der Waals surface area contributed by atoms with E-state index >= 15 is 0 Å². The van der Waals surface area contributed by atoms with Gasteiger partial charge in [0.1, 0.15) is 0 Å². The van der Waals surface area contributed by atoms with Crippen molar-refractivity contribution >= 4 is 17.3 Å². The fourth-order valence-corrected chi connectivity index (χ4v) is 1.41. The maximum absolute atomic E-state index is 11.1. The molecule has 7 heteroatoms. The lowest BCUT2D eigenvalue weighted by Gasteiger charge is -2.01. The van der Waals surface area contributed by atoms with E-state index in [1.54, 1.807) is 30.3 Å². The van der Waals surface area contributed by atoms with Crippen molar-refractivity contribution in [3.8, 4) is 5.88 Å². The van der Waals surface area contributed by atoms with Gasteiger partial charge in [-0.25, -0.2) is 4.79 Å². The number of benzene rings is 1. The van der Waals surface area contributed by atoms with Gasteiger partial charge in [-0.05, 0) is 12.1 Å². The number of carboxylic acid groups (broad SMARTS) is 1. The summed E-state index contributed by atoms with van der Waals surface area (Å²) in [7, 11) is 0. The van der Waals surface area contributed by atoms with Gasteiger partial charge in [0.2, 0.25) is 5.88 Å². The highest BCUT2D eigenvalue weighted by atomic mass is 16.4. The van der Waals surface area contributed by atoms with Crippen LogP contribution in [-0.4, -0.2) is 21.2 Å². The van der Waals surface area contributed by atoms with Gasteiger partial charge in [0.15, 0.2) is 5.69 Å². The van der Waals surface area contributed by atoms with Crippen molar-refractivity contribution < 1.29 is 15.0 Å². The molecular weight excluding hydrogens is 250 g/mol. The number of azo groups is 1. The van der Waals surface area contributed by atoms with Gasteiger partial charge in [-0.2, -0.15) is 5.11 Å². The van der Waals surface area contributed by atoms with E-state index in [4.69, 9.17) is 5.11 Å². The molecular formula is C12H9N3O4. The number of aromatic hydroxyl groups is 1. The Morgan fingerprint density at radius 2 is 1.84 bits per heavy atom. The maximum Gasteiger partial charge on any atom is 0.338 e. The monoisotopic (exact) mass is 259 g/mol. The lowest BCUT2D eigenvalue weighted by Crippen LogP contribution is -2.09. The molecule has 0 unspecified atom stereocenters. The first-order valence-electron chi connectivity index (χ1n) is 5.24. The Kier molecular flexibility index (Phi) is 3.37. The van der Waals surface area contributed by atoms with Crippen LogP contribution < -0.4 is 5.56 Å². The first kappa shape index (κ1) is 12.5. The first-order chi connectivity index (χ1) is 9.08. The number of H-pyrrole nitrogens is 1. The van der Waals surface area contributed by atoms with Crippen LogP contribution in [0.2, 0.25) is 0 Å². The van der Waals surface area contributed by atoms with E-state index in [2.05, 4.69) is 15.2 Å². The van der Waals surface area contributed by atoms with Crippen molar-refractivity contribution in [3.63, 3.8) is 0 Å². The minimum Gasteiger partial charge on any atom is -0.493 e. The fraction of sp³-hybridized carbons (Fsp3) is 0. The highest BCUT2D eigenvalue weighted by Gasteiger charge is 2.15. The van der Waals surface area contributed by atoms with Crippen LogP contribution in [-0.2, 0) is 0 Å². The zero-order valence-corrected chi connectivity index (χ0v) is 9.57. The fourth-order valence-electron chi connectivity index (χ4n) is 1.41. The van der Waals surface area contributed by atoms with Crippen LogP contribution in [0, 0.1) is 0 Å². The molecule has 96 valence electrons. The number of hydrogen-bond acceptors (Lipinski definition) is 5. The second-order valence-corrected chi connectivity index (χ2v) is 3.59. The van der Waals surface area contributed by atoms with Crippen molar-refractivity contribution in [2.24, 2.45) is 10.2 Å². The molecule has 7 nitrogen and oxygen atoms in total. The first-order valence-corrected chi connectivity index (χ1v) is 5.24. The molecule has 0 fully saturated rings. The molecule has 2 rings (SSSR count). The third-order valence-corrected chi connectivity index (χ3v) is 2.25. The Labute approximate surface area is 106 Å². The van der Waals surface area contributed by atoms with E-state index in [0.29, 0.717) is 5.69 Å². The summed E-state index contributed by atoms with van der Waals surface area (Å²) < 4.78 is 0. The highest BCUT2D eigenvalue weighted by Crippen LogP contribution is 2.28. The molecule has 0 aliphatic carbocycles. The molecule has 0 saturated carbocycles. The SMILES string of the molecule is O=C(O)c1cc(=O)[nH]c(O)c1N=Nc1ccccc1. The zero-order valence-electron chi connectivity index (χ0n) is 9.57. The van der Waals surface area contributed by atoms with E-state index in [1.807, 2.05) is 0 Å². The van der Waals surface area contributed by atoms with Crippen molar-refractivity contribution in [3.05, 3.63) is 52.3 Å². The summed E-state index contributed by atoms with van der Waals surface area (Å²) >= 11 is 0. The van der Waals surface area contributed by atoms with E-state index in [-0.39, 0.29) is 5.69 Å². The van der Waals surface area contributed by atoms with Gasteiger partial charge in [0.05, 0.1) is 11.3 Å². The minimum atomic E-state index is -1.37. The van der Waals surface area contributed by atoms with Crippen molar-refractivity contribution in [2.75, 3.05) is 0 Å². The van der Waals surface area contributed by atoms with Gasteiger partial charge in [0.25, 0.3) is 5.56 Å². The molecule has 1 aromatic carbocycles. The molecule has 3 N–H and O–H groups in total. The number of pyridine rings is 1. The lowest BCUT2D eigenvalue weighted by molar-refractivity contribution is 0.0697. The number of carboxylic acids is 1. The van der Waals surface area contributed by atoms with Crippen LogP contribution in [0.15, 0.2) is 51.4 Å². The Bertz CT molecular complexity index is 692. The van der Waals surface area contributed by atoms with Crippen LogP contribution in [0.4, 0.5) is 11.4 Å². The van der Waals surface area contributed by atoms with Gasteiger partial charge < -0.3 is 10.2 Å². The van der Waals surface area contributed by atoms with Crippen LogP contribution in [0.25, 0.3) is 0 Å². The summed E-state index contributed by atoms with van der Waals surface area (Å²) in [5.74, 6) is -2.01. The van der Waals surface area contributed by atoms with Crippen molar-refractivity contribution in [2.45, 2.75) is 0 Å². The Hall–Kier alpha value is -2.96. The topological polar surface area (TPSA) is 115 Å². The van der Waals surface area contributed by atoms with Crippen molar-refractivity contribution in [1.82, 2.24) is 4.98 Å². The van der Waals surface area contributed by atoms with E-state index in [0.717, 1.165) is 6.07 Å². The third-order valence-electron chi connectivity index (χ3n) is 2.25. The molecule has 0 aliphatic heterocycles. The average molecular weight is 259 g/mol. The van der Waals surface area contributed by atoms with E-state index in [1.165, 1.54) is 0 Å². The Balaban J connectivity index is 2.48. The van der Waals surface area contributed by atoms with Gasteiger partial charge in [-0.1, -0.05) is 18.2 Å². The number of aromatic amines is 1. The van der Waals surface area contributed by atoms with Crippen LogP contribution in [0.5, 0.6) is 5.88 Å². The number of aromatic nitrogens is 1. The zero-order chi connectivity index (χ0) is 13.8. The molecule has 0 saturated heterocycles. The normalized spacial score (nSPS) is 10.7. The summed E-state index contributed by atoms with van der Waals surface area (Å²) in [5, 5.41) is 25.9. The predicted octanol–water partition coefficient (Wildman–Crippen LogP) is 2.19. The molecule has 1 aromatic heterocycles. The molecule has 0 bridgehead atoms. The smallest absolute Gasteiger partial charge is 0.338 e. The van der Waals surface area contributed by atoms with E-state index in [9.17, 15) is 14.7 Å². The van der Waals surface area contributed by atoms with Crippen LogP contribution in [0.1, 0.15) is 10.4 Å². The molecule has 0 aliphatic rings. The number of hydrogen-bond donors (Lipinski definition) is 3. The summed E-state index contributed by atoms with van der Waals surface area (Å²) in [5.41, 5.74) is -0.949. The second kappa shape index (κ2) is 5.13.